The molecule has 0 fully saturated rings. The summed E-state index contributed by atoms with van der Waals surface area (Å²) < 4.78 is 23.6. The van der Waals surface area contributed by atoms with E-state index in [9.17, 15) is 14.3 Å². The third kappa shape index (κ3) is 3.43. The molecule has 1 aromatic carbocycles. The van der Waals surface area contributed by atoms with Crippen LogP contribution in [0.15, 0.2) is 16.6 Å². The lowest BCUT2D eigenvalue weighted by molar-refractivity contribution is 0.0576. The Hall–Kier alpha value is -1.14. The van der Waals surface area contributed by atoms with Crippen LogP contribution < -0.4 is 4.74 Å². The maximum atomic E-state index is 13.7. The maximum Gasteiger partial charge on any atom is 0.341 e. The number of ether oxygens (including phenoxy) is 2. The summed E-state index contributed by atoms with van der Waals surface area (Å²) in [4.78, 5) is 11.4. The van der Waals surface area contributed by atoms with Crippen LogP contribution in [0.3, 0.4) is 0 Å². The number of hydrogen-bond acceptors (Lipinski definition) is 4. The molecule has 0 aliphatic rings. The van der Waals surface area contributed by atoms with E-state index >= 15 is 0 Å². The minimum absolute atomic E-state index is 0.0955. The van der Waals surface area contributed by atoms with E-state index in [-0.39, 0.29) is 15.8 Å². The summed E-state index contributed by atoms with van der Waals surface area (Å²) in [5.74, 6) is -1.22. The van der Waals surface area contributed by atoms with Crippen molar-refractivity contribution in [3.8, 4) is 5.75 Å². The lowest BCUT2D eigenvalue weighted by Gasteiger charge is -2.18. The number of methoxy groups -OCH3 is 1. The number of benzene rings is 1. The van der Waals surface area contributed by atoms with Crippen LogP contribution in [0, 0.1) is 5.82 Å². The second-order valence-electron chi connectivity index (χ2n) is 3.82. The molecule has 0 heterocycles. The first-order valence-electron chi connectivity index (χ1n) is 5.29. The van der Waals surface area contributed by atoms with Crippen molar-refractivity contribution in [2.45, 2.75) is 26.1 Å². The average molecular weight is 321 g/mol. The molecular formula is C12H14BrFO4. The zero-order valence-electron chi connectivity index (χ0n) is 10.2. The maximum absolute atomic E-state index is 13.7. The van der Waals surface area contributed by atoms with Crippen molar-refractivity contribution in [1.29, 1.82) is 0 Å². The van der Waals surface area contributed by atoms with Crippen molar-refractivity contribution in [1.82, 2.24) is 0 Å². The molecule has 1 N–H and O–H groups in total. The monoisotopic (exact) mass is 320 g/mol. The molecule has 2 atom stereocenters. The highest BCUT2D eigenvalue weighted by atomic mass is 79.9. The van der Waals surface area contributed by atoms with Gasteiger partial charge in [-0.3, -0.25) is 0 Å². The van der Waals surface area contributed by atoms with Crippen LogP contribution in [0.25, 0.3) is 0 Å². The fraction of sp³-hybridized carbons (Fsp3) is 0.417. The van der Waals surface area contributed by atoms with Gasteiger partial charge in [-0.25, -0.2) is 9.18 Å². The Morgan fingerprint density at radius 3 is 2.56 bits per heavy atom. The van der Waals surface area contributed by atoms with Crippen LogP contribution in [0.2, 0.25) is 0 Å². The number of carbonyl (C=O) groups is 1. The van der Waals surface area contributed by atoms with E-state index in [4.69, 9.17) is 4.74 Å². The number of esters is 1. The van der Waals surface area contributed by atoms with Crippen molar-refractivity contribution >= 4 is 21.9 Å². The number of aliphatic hydroxyl groups excluding tert-OH is 1. The number of hydrogen-bond donors (Lipinski definition) is 1. The van der Waals surface area contributed by atoms with Gasteiger partial charge < -0.3 is 14.6 Å². The highest BCUT2D eigenvalue weighted by molar-refractivity contribution is 9.10. The van der Waals surface area contributed by atoms with Gasteiger partial charge >= 0.3 is 5.97 Å². The lowest BCUT2D eigenvalue weighted by Crippen LogP contribution is -2.25. The fourth-order valence-electron chi connectivity index (χ4n) is 1.20. The van der Waals surface area contributed by atoms with Crippen LogP contribution in [0.1, 0.15) is 24.2 Å². The van der Waals surface area contributed by atoms with E-state index in [1.807, 2.05) is 0 Å². The summed E-state index contributed by atoms with van der Waals surface area (Å²) in [6.45, 7) is 3.24. The summed E-state index contributed by atoms with van der Waals surface area (Å²) in [5, 5.41) is 9.33. The average Bonchev–Trinajstić information content (AvgIpc) is 2.32. The van der Waals surface area contributed by atoms with Gasteiger partial charge in [0, 0.05) is 0 Å². The molecule has 0 radical (unpaired) electrons. The van der Waals surface area contributed by atoms with Crippen LogP contribution >= 0.6 is 15.9 Å². The van der Waals surface area contributed by atoms with Crippen molar-refractivity contribution in [3.05, 3.63) is 28.0 Å². The molecular weight excluding hydrogens is 307 g/mol. The molecule has 0 aliphatic carbocycles. The van der Waals surface area contributed by atoms with Crippen LogP contribution in [0.5, 0.6) is 5.75 Å². The van der Waals surface area contributed by atoms with Crippen LogP contribution in [-0.4, -0.2) is 30.4 Å². The minimum atomic E-state index is -0.789. The van der Waals surface area contributed by atoms with E-state index in [1.54, 1.807) is 13.8 Å². The van der Waals surface area contributed by atoms with Gasteiger partial charge in [0.25, 0.3) is 0 Å². The second-order valence-corrected chi connectivity index (χ2v) is 4.68. The molecule has 18 heavy (non-hydrogen) atoms. The van der Waals surface area contributed by atoms with Gasteiger partial charge in [-0.15, -0.1) is 0 Å². The zero-order valence-corrected chi connectivity index (χ0v) is 11.8. The Kier molecular flexibility index (Phi) is 5.10. The van der Waals surface area contributed by atoms with Gasteiger partial charge in [-0.1, -0.05) is 0 Å². The molecule has 0 unspecified atom stereocenters. The van der Waals surface area contributed by atoms with Gasteiger partial charge in [-0.2, -0.15) is 0 Å². The van der Waals surface area contributed by atoms with E-state index in [0.29, 0.717) is 0 Å². The Labute approximate surface area is 113 Å². The second kappa shape index (κ2) is 6.15. The summed E-state index contributed by atoms with van der Waals surface area (Å²) in [5.41, 5.74) is -0.223. The Morgan fingerprint density at radius 2 is 2.06 bits per heavy atom. The van der Waals surface area contributed by atoms with Gasteiger partial charge in [0.15, 0.2) is 5.82 Å². The number of halogens is 2. The third-order valence-corrected chi connectivity index (χ3v) is 2.99. The molecule has 100 valence electrons. The van der Waals surface area contributed by atoms with E-state index < -0.39 is 24.0 Å². The molecule has 1 aromatic rings. The highest BCUT2D eigenvalue weighted by Crippen LogP contribution is 2.27. The van der Waals surface area contributed by atoms with Crippen molar-refractivity contribution in [3.63, 3.8) is 0 Å². The zero-order chi connectivity index (χ0) is 13.9. The summed E-state index contributed by atoms with van der Waals surface area (Å²) >= 11 is 3.00. The Bertz CT molecular complexity index is 448. The molecule has 0 saturated heterocycles. The third-order valence-electron chi connectivity index (χ3n) is 2.41. The van der Waals surface area contributed by atoms with Gasteiger partial charge in [0.2, 0.25) is 0 Å². The van der Waals surface area contributed by atoms with Crippen LogP contribution in [-0.2, 0) is 4.74 Å². The molecule has 0 aliphatic heterocycles. The number of carbonyl (C=O) groups excluding carboxylic acids is 1. The smallest absolute Gasteiger partial charge is 0.341 e. The molecule has 4 nitrogen and oxygen atoms in total. The largest absolute Gasteiger partial charge is 0.488 e. The quantitative estimate of drug-likeness (QED) is 0.866. The van der Waals surface area contributed by atoms with Gasteiger partial charge in [0.1, 0.15) is 17.4 Å². The molecule has 0 spiro atoms. The lowest BCUT2D eigenvalue weighted by atomic mass is 10.2. The highest BCUT2D eigenvalue weighted by Gasteiger charge is 2.19. The summed E-state index contributed by atoms with van der Waals surface area (Å²) in [6.07, 6.45) is -1.16. The van der Waals surface area contributed by atoms with Crippen LogP contribution in [0.4, 0.5) is 4.39 Å². The molecule has 6 heteroatoms. The van der Waals surface area contributed by atoms with Crippen molar-refractivity contribution < 1.29 is 23.8 Å². The Morgan fingerprint density at radius 1 is 1.44 bits per heavy atom. The standard InChI is InChI=1S/C12H14BrFO4/c1-6(15)7(2)18-8-4-9(12(16)17-3)11(14)10(13)5-8/h4-7,15H,1-3H3/t6-,7+/m1/s1. The van der Waals surface area contributed by atoms with Crippen molar-refractivity contribution in [2.24, 2.45) is 0 Å². The van der Waals surface area contributed by atoms with Crippen molar-refractivity contribution in [2.75, 3.05) is 7.11 Å². The predicted molar refractivity (Wildman–Crippen MR) is 67.2 cm³/mol. The normalized spacial score (nSPS) is 13.9. The number of aliphatic hydroxyl groups is 1. The SMILES string of the molecule is COC(=O)c1cc(O[C@@H](C)[C@@H](C)O)cc(Br)c1F. The van der Waals surface area contributed by atoms with E-state index in [1.165, 1.54) is 19.2 Å². The van der Waals surface area contributed by atoms with E-state index in [0.717, 1.165) is 0 Å². The first kappa shape index (κ1) is 14.9. The first-order valence-corrected chi connectivity index (χ1v) is 6.08. The Balaban J connectivity index is 3.08. The summed E-state index contributed by atoms with van der Waals surface area (Å²) in [7, 11) is 1.17. The first-order chi connectivity index (χ1) is 8.36. The van der Waals surface area contributed by atoms with E-state index in [2.05, 4.69) is 20.7 Å². The molecule has 0 saturated carbocycles. The molecule has 0 aromatic heterocycles. The summed E-state index contributed by atoms with van der Waals surface area (Å²) in [6, 6.07) is 2.63. The fourth-order valence-corrected chi connectivity index (χ4v) is 1.64. The minimum Gasteiger partial charge on any atom is -0.488 e. The molecule has 0 bridgehead atoms. The number of rotatable bonds is 4. The molecule has 1 rings (SSSR count). The topological polar surface area (TPSA) is 55.8 Å². The van der Waals surface area contributed by atoms with Gasteiger partial charge in [-0.05, 0) is 41.9 Å². The van der Waals surface area contributed by atoms with Gasteiger partial charge in [0.05, 0.1) is 17.7 Å². The molecule has 0 amide bonds. The predicted octanol–water partition coefficient (Wildman–Crippen LogP) is 2.52.